The number of thioether (sulfide) groups is 2. The Morgan fingerprint density at radius 2 is 1.94 bits per heavy atom. The molecule has 0 aliphatic carbocycles. The molecule has 2 aromatic rings. The smallest absolute Gasteiger partial charge is 0.269 e. The van der Waals surface area contributed by atoms with E-state index in [1.165, 1.54) is 28.0 Å². The Labute approximate surface area is 203 Å². The number of carbonyl (C=O) groups excluding carboxylic acids is 1. The molecule has 1 amide bonds. The van der Waals surface area contributed by atoms with Gasteiger partial charge in [0.15, 0.2) is 0 Å². The molecule has 1 saturated heterocycles. The minimum absolute atomic E-state index is 0.0772. The second-order valence-electron chi connectivity index (χ2n) is 6.92. The fourth-order valence-electron chi connectivity index (χ4n) is 3.37. The number of amides is 1. The number of rotatable bonds is 4. The third-order valence-corrected chi connectivity index (χ3v) is 9.09. The van der Waals surface area contributed by atoms with E-state index in [1.807, 2.05) is 37.3 Å². The predicted octanol–water partition coefficient (Wildman–Crippen LogP) is 3.83. The van der Waals surface area contributed by atoms with Crippen molar-refractivity contribution < 1.29 is 4.79 Å². The third kappa shape index (κ3) is 4.14. The van der Waals surface area contributed by atoms with Crippen LogP contribution in [-0.2, 0) is 11.3 Å². The average molecular weight is 510 g/mol. The van der Waals surface area contributed by atoms with Crippen molar-refractivity contribution in [2.75, 3.05) is 18.5 Å². The maximum absolute atomic E-state index is 13.1. The summed E-state index contributed by atoms with van der Waals surface area (Å²) >= 11 is 15.7. The van der Waals surface area contributed by atoms with Gasteiger partial charge in [-0.1, -0.05) is 54.3 Å². The summed E-state index contributed by atoms with van der Waals surface area (Å²) in [5.74, 6) is -0.151. The number of anilines is 1. The van der Waals surface area contributed by atoms with Crippen molar-refractivity contribution >= 4 is 85.6 Å². The molecule has 0 radical (unpaired) electrons. The van der Waals surface area contributed by atoms with E-state index in [-0.39, 0.29) is 11.5 Å². The number of nitrogens with zero attached hydrogens (tertiary/aromatic N) is 3. The van der Waals surface area contributed by atoms with Crippen LogP contribution in [-0.4, -0.2) is 33.3 Å². The number of carbonyl (C=O) groups is 1. The highest BCUT2D eigenvalue weighted by Gasteiger charge is 2.31. The molecule has 4 rings (SSSR count). The molecule has 162 valence electrons. The van der Waals surface area contributed by atoms with Crippen molar-refractivity contribution in [2.24, 2.45) is 0 Å². The van der Waals surface area contributed by atoms with Gasteiger partial charge in [-0.3, -0.25) is 19.1 Å². The van der Waals surface area contributed by atoms with Crippen molar-refractivity contribution in [3.8, 4) is 0 Å². The van der Waals surface area contributed by atoms with Gasteiger partial charge in [0.05, 0.1) is 15.2 Å². The van der Waals surface area contributed by atoms with Crippen LogP contribution in [0.2, 0.25) is 5.02 Å². The van der Waals surface area contributed by atoms with Gasteiger partial charge in [-0.25, -0.2) is 0 Å². The van der Waals surface area contributed by atoms with Gasteiger partial charge in [0.1, 0.15) is 13.9 Å². The summed E-state index contributed by atoms with van der Waals surface area (Å²) in [5, 5.41) is 1.74. The lowest BCUT2D eigenvalue weighted by atomic mass is 10.3. The van der Waals surface area contributed by atoms with Gasteiger partial charge >= 0.3 is 0 Å². The Bertz CT molecular complexity index is 1290. The molecular formula is C21H20ClN3O2S4. The Morgan fingerprint density at radius 1 is 1.16 bits per heavy atom. The van der Waals surface area contributed by atoms with Gasteiger partial charge in [0.25, 0.3) is 11.5 Å². The van der Waals surface area contributed by atoms with Crippen molar-refractivity contribution in [3.05, 3.63) is 53.9 Å². The lowest BCUT2D eigenvalue weighted by Crippen LogP contribution is -2.33. The SMILES string of the molecule is CCCn1c(=C2SC(=S)N(C)C2=O)sc(=CC=C2Sc3ccc(Cl)cc3N2CC)c1=O. The van der Waals surface area contributed by atoms with Crippen LogP contribution in [0.3, 0.4) is 0 Å². The first-order valence-corrected chi connectivity index (χ1v) is 13.0. The molecular weight excluding hydrogens is 490 g/mol. The second-order valence-corrected chi connectivity index (χ2v) is 11.1. The summed E-state index contributed by atoms with van der Waals surface area (Å²) in [6.45, 7) is 5.45. The summed E-state index contributed by atoms with van der Waals surface area (Å²) in [6, 6.07) is 5.87. The maximum Gasteiger partial charge on any atom is 0.269 e. The quantitative estimate of drug-likeness (QED) is 0.584. The second kappa shape index (κ2) is 9.15. The molecule has 2 aliphatic rings. The first kappa shape index (κ1) is 22.7. The number of hydrogen-bond acceptors (Lipinski definition) is 7. The van der Waals surface area contributed by atoms with Crippen molar-refractivity contribution in [2.45, 2.75) is 31.7 Å². The number of allylic oxidation sites excluding steroid dienone is 1. The van der Waals surface area contributed by atoms with E-state index >= 15 is 0 Å². The highest BCUT2D eigenvalue weighted by Crippen LogP contribution is 2.46. The first-order valence-electron chi connectivity index (χ1n) is 9.76. The molecule has 1 fully saturated rings. The number of thiazole rings is 1. The highest BCUT2D eigenvalue weighted by atomic mass is 35.5. The molecule has 1 aromatic carbocycles. The number of benzene rings is 1. The zero-order valence-corrected chi connectivity index (χ0v) is 21.2. The fraction of sp³-hybridized carbons (Fsp3) is 0.286. The molecule has 0 bridgehead atoms. The number of aromatic nitrogens is 1. The van der Waals surface area contributed by atoms with Crippen LogP contribution in [0.4, 0.5) is 5.69 Å². The number of hydrogen-bond donors (Lipinski definition) is 0. The number of halogens is 1. The zero-order chi connectivity index (χ0) is 22.3. The van der Waals surface area contributed by atoms with E-state index in [9.17, 15) is 9.59 Å². The Balaban J connectivity index is 1.82. The van der Waals surface area contributed by atoms with Crippen LogP contribution in [0, 0.1) is 0 Å². The van der Waals surface area contributed by atoms with Crippen LogP contribution in [0.15, 0.2) is 39.0 Å². The van der Waals surface area contributed by atoms with Crippen LogP contribution < -0.4 is 19.7 Å². The molecule has 0 unspecified atom stereocenters. The van der Waals surface area contributed by atoms with Gasteiger partial charge in [-0.05, 0) is 43.7 Å². The molecule has 0 saturated carbocycles. The van der Waals surface area contributed by atoms with Crippen molar-refractivity contribution in [1.29, 1.82) is 0 Å². The van der Waals surface area contributed by atoms with E-state index in [2.05, 4.69) is 11.8 Å². The summed E-state index contributed by atoms with van der Waals surface area (Å²) in [7, 11) is 1.67. The molecule has 0 N–H and O–H groups in total. The van der Waals surface area contributed by atoms with Gasteiger partial charge in [0.2, 0.25) is 0 Å². The molecule has 2 aliphatic heterocycles. The minimum Gasteiger partial charge on any atom is -0.335 e. The van der Waals surface area contributed by atoms with Gasteiger partial charge in [-0.15, -0.1) is 11.3 Å². The van der Waals surface area contributed by atoms with Gasteiger partial charge < -0.3 is 4.90 Å². The summed E-state index contributed by atoms with van der Waals surface area (Å²) in [6.07, 6.45) is 4.63. The van der Waals surface area contributed by atoms with E-state index < -0.39 is 0 Å². The van der Waals surface area contributed by atoms with Crippen molar-refractivity contribution in [1.82, 2.24) is 9.47 Å². The molecule has 5 nitrogen and oxygen atoms in total. The Kier molecular flexibility index (Phi) is 6.69. The molecule has 31 heavy (non-hydrogen) atoms. The molecule has 1 aromatic heterocycles. The lowest BCUT2D eigenvalue weighted by Gasteiger charge is -2.17. The van der Waals surface area contributed by atoms with Crippen LogP contribution in [0.5, 0.6) is 0 Å². The predicted molar refractivity (Wildman–Crippen MR) is 137 cm³/mol. The molecule has 0 atom stereocenters. The Morgan fingerprint density at radius 3 is 2.58 bits per heavy atom. The van der Waals surface area contributed by atoms with E-state index in [4.69, 9.17) is 23.8 Å². The summed E-state index contributed by atoms with van der Waals surface area (Å²) in [4.78, 5) is 31.1. The normalized spacial score (nSPS) is 19.9. The molecule has 0 spiro atoms. The number of thiocarbonyl (C=S) groups is 1. The van der Waals surface area contributed by atoms with Crippen molar-refractivity contribution in [3.63, 3.8) is 0 Å². The largest absolute Gasteiger partial charge is 0.335 e. The maximum atomic E-state index is 13.1. The lowest BCUT2D eigenvalue weighted by molar-refractivity contribution is -0.119. The van der Waals surface area contributed by atoms with Crippen LogP contribution in [0.1, 0.15) is 20.3 Å². The van der Waals surface area contributed by atoms with Gasteiger partial charge in [-0.2, -0.15) is 0 Å². The highest BCUT2D eigenvalue weighted by molar-refractivity contribution is 8.30. The molecule has 10 heteroatoms. The number of fused-ring (bicyclic) bond motifs is 1. The van der Waals surface area contributed by atoms with Crippen LogP contribution >= 0.6 is 58.7 Å². The van der Waals surface area contributed by atoms with E-state index in [1.54, 1.807) is 23.4 Å². The van der Waals surface area contributed by atoms with E-state index in [0.717, 1.165) is 28.6 Å². The summed E-state index contributed by atoms with van der Waals surface area (Å²) in [5.41, 5.74) is 1.00. The van der Waals surface area contributed by atoms with Crippen LogP contribution in [0.25, 0.3) is 11.0 Å². The third-order valence-electron chi connectivity index (χ3n) is 4.90. The Hall–Kier alpha value is -1.52. The monoisotopic (exact) mass is 509 g/mol. The average Bonchev–Trinajstić information content (AvgIpc) is 3.34. The van der Waals surface area contributed by atoms with Gasteiger partial charge in [0, 0.05) is 30.1 Å². The minimum atomic E-state index is -0.151. The molecule has 3 heterocycles. The fourth-order valence-corrected chi connectivity index (χ4v) is 7.05. The zero-order valence-electron chi connectivity index (χ0n) is 17.2. The standard InChI is InChI=1S/C21H20ClN3O2S4/c1-4-10-25-18(26)15(30-20(25)17-19(27)23(3)21(28)31-17)8-9-16-24(5-2)13-11-12(22)6-7-14(13)29-16/h6-9,11H,4-5,10H2,1-3H3. The summed E-state index contributed by atoms with van der Waals surface area (Å²) < 4.78 is 3.49. The van der Waals surface area contributed by atoms with E-state index in [0.29, 0.717) is 30.0 Å². The topological polar surface area (TPSA) is 45.6 Å². The first-order chi connectivity index (χ1) is 14.8.